The third kappa shape index (κ3) is 6.64. The van der Waals surface area contributed by atoms with Crippen molar-refractivity contribution >= 4 is 11.8 Å². The van der Waals surface area contributed by atoms with Gasteiger partial charge in [0.1, 0.15) is 23.2 Å². The van der Waals surface area contributed by atoms with Crippen LogP contribution in [0.15, 0.2) is 67.1 Å². The molecule has 2 aromatic carbocycles. The van der Waals surface area contributed by atoms with Crippen molar-refractivity contribution in [2.24, 2.45) is 0 Å². The first-order chi connectivity index (χ1) is 18.1. The van der Waals surface area contributed by atoms with Crippen LogP contribution in [-0.4, -0.2) is 46.4 Å². The van der Waals surface area contributed by atoms with Crippen molar-refractivity contribution in [1.82, 2.24) is 20.2 Å². The molecule has 8 nitrogen and oxygen atoms in total. The highest BCUT2D eigenvalue weighted by Gasteiger charge is 2.34. The number of para-hydroxylation sites is 1. The number of nitrogens with zero attached hydrogens (tertiary/aromatic N) is 3. The largest absolute Gasteiger partial charge is 0.496 e. The van der Waals surface area contributed by atoms with E-state index >= 15 is 0 Å². The first-order valence-electron chi connectivity index (χ1n) is 12.8. The Labute approximate surface area is 218 Å². The van der Waals surface area contributed by atoms with Crippen molar-refractivity contribution < 1.29 is 19.1 Å². The van der Waals surface area contributed by atoms with Gasteiger partial charge < -0.3 is 19.7 Å². The minimum absolute atomic E-state index is 0.0891. The third-order valence-electron chi connectivity index (χ3n) is 6.59. The van der Waals surface area contributed by atoms with Crippen LogP contribution >= 0.6 is 0 Å². The molecule has 0 bridgehead atoms. The van der Waals surface area contributed by atoms with E-state index in [0.29, 0.717) is 23.7 Å². The molecule has 0 radical (unpaired) electrons. The van der Waals surface area contributed by atoms with Gasteiger partial charge in [0, 0.05) is 24.0 Å². The number of benzene rings is 2. The van der Waals surface area contributed by atoms with E-state index < -0.39 is 11.9 Å². The second-order valence-electron chi connectivity index (χ2n) is 9.08. The second-order valence-corrected chi connectivity index (χ2v) is 9.08. The van der Waals surface area contributed by atoms with Gasteiger partial charge in [0.15, 0.2) is 0 Å². The highest BCUT2D eigenvalue weighted by molar-refractivity contribution is 5.96. The molecule has 0 aliphatic heterocycles. The van der Waals surface area contributed by atoms with Gasteiger partial charge in [0.05, 0.1) is 26.5 Å². The molecular formula is C29H34N4O4. The molecule has 1 heterocycles. The molecule has 0 unspecified atom stereocenters. The number of rotatable bonds is 10. The lowest BCUT2D eigenvalue weighted by molar-refractivity contribution is -0.127. The molecule has 1 N–H and O–H groups in total. The number of carbonyl (C=O) groups excluding carboxylic acids is 2. The van der Waals surface area contributed by atoms with E-state index in [1.54, 1.807) is 12.0 Å². The molecule has 4 rings (SSSR count). The van der Waals surface area contributed by atoms with Crippen LogP contribution in [0, 0.1) is 0 Å². The molecule has 1 aliphatic carbocycles. The average Bonchev–Trinajstić information content (AvgIpc) is 2.94. The fourth-order valence-electron chi connectivity index (χ4n) is 4.77. The van der Waals surface area contributed by atoms with Crippen molar-refractivity contribution in [2.45, 2.75) is 57.7 Å². The summed E-state index contributed by atoms with van der Waals surface area (Å²) in [6.07, 6.45) is 9.64. The average molecular weight is 503 g/mol. The standard InChI is InChI=1S/C29H34N4O4/c1-3-37-24-15-13-21(14-16-24)27(28(34)32-23-10-5-4-6-11-23)33(29(35)25-19-30-17-18-31-25)20-22-9-7-8-12-26(22)36-2/h7-9,12-19,23,27H,3-6,10-11,20H2,1-2H3,(H,32,34)/t27-/m1/s1. The number of aromatic nitrogens is 2. The van der Waals surface area contributed by atoms with Gasteiger partial charge in [0.25, 0.3) is 5.91 Å². The van der Waals surface area contributed by atoms with Gasteiger partial charge in [-0.2, -0.15) is 0 Å². The summed E-state index contributed by atoms with van der Waals surface area (Å²) in [7, 11) is 1.59. The van der Waals surface area contributed by atoms with E-state index in [1.807, 2.05) is 55.5 Å². The van der Waals surface area contributed by atoms with Gasteiger partial charge in [-0.25, -0.2) is 4.98 Å². The zero-order chi connectivity index (χ0) is 26.0. The maximum absolute atomic E-state index is 13.9. The molecule has 1 aliphatic rings. The number of nitrogens with one attached hydrogen (secondary N) is 1. The first kappa shape index (κ1) is 26.1. The Hall–Kier alpha value is -3.94. The minimum atomic E-state index is -0.892. The summed E-state index contributed by atoms with van der Waals surface area (Å²) >= 11 is 0. The monoisotopic (exact) mass is 502 g/mol. The maximum atomic E-state index is 13.9. The lowest BCUT2D eigenvalue weighted by Gasteiger charge is -2.33. The quantitative estimate of drug-likeness (QED) is 0.431. The molecule has 2 amide bonds. The van der Waals surface area contributed by atoms with Crippen LogP contribution in [0.4, 0.5) is 0 Å². The Morgan fingerprint density at radius 1 is 1.05 bits per heavy atom. The summed E-state index contributed by atoms with van der Waals surface area (Å²) < 4.78 is 11.2. The number of ether oxygens (including phenoxy) is 2. The van der Waals surface area contributed by atoms with Crippen LogP contribution in [0.2, 0.25) is 0 Å². The van der Waals surface area contributed by atoms with Crippen molar-refractivity contribution in [3.8, 4) is 11.5 Å². The van der Waals surface area contributed by atoms with Crippen molar-refractivity contribution in [3.05, 3.63) is 83.9 Å². The summed E-state index contributed by atoms with van der Waals surface area (Å²) in [5, 5.41) is 3.23. The minimum Gasteiger partial charge on any atom is -0.496 e. The van der Waals surface area contributed by atoms with Crippen molar-refractivity contribution in [1.29, 1.82) is 0 Å². The molecule has 1 fully saturated rings. The van der Waals surface area contributed by atoms with E-state index in [1.165, 1.54) is 25.0 Å². The van der Waals surface area contributed by atoms with Gasteiger partial charge in [-0.1, -0.05) is 49.6 Å². The van der Waals surface area contributed by atoms with E-state index in [-0.39, 0.29) is 24.2 Å². The Morgan fingerprint density at radius 3 is 2.49 bits per heavy atom. The highest BCUT2D eigenvalue weighted by atomic mass is 16.5. The normalized spacial score (nSPS) is 14.4. The van der Waals surface area contributed by atoms with Crippen LogP contribution in [0.5, 0.6) is 11.5 Å². The predicted molar refractivity (Wildman–Crippen MR) is 140 cm³/mol. The Kier molecular flexibility index (Phi) is 9.08. The second kappa shape index (κ2) is 12.9. The molecule has 0 saturated heterocycles. The fourth-order valence-corrected chi connectivity index (χ4v) is 4.77. The maximum Gasteiger partial charge on any atom is 0.275 e. The van der Waals surface area contributed by atoms with Gasteiger partial charge >= 0.3 is 0 Å². The predicted octanol–water partition coefficient (Wildman–Crippen LogP) is 4.72. The van der Waals surface area contributed by atoms with Crippen LogP contribution in [0.25, 0.3) is 0 Å². The summed E-state index contributed by atoms with van der Waals surface area (Å²) in [4.78, 5) is 37.7. The Balaban J connectivity index is 1.76. The Bertz CT molecular complexity index is 1160. The molecule has 37 heavy (non-hydrogen) atoms. The zero-order valence-electron chi connectivity index (χ0n) is 21.4. The van der Waals surface area contributed by atoms with E-state index in [4.69, 9.17) is 9.47 Å². The lowest BCUT2D eigenvalue weighted by Crippen LogP contribution is -2.47. The van der Waals surface area contributed by atoms with E-state index in [9.17, 15) is 9.59 Å². The van der Waals surface area contributed by atoms with Gasteiger partial charge in [-0.15, -0.1) is 0 Å². The molecule has 194 valence electrons. The molecule has 1 atom stereocenters. The van der Waals surface area contributed by atoms with Crippen molar-refractivity contribution in [2.75, 3.05) is 13.7 Å². The van der Waals surface area contributed by atoms with Gasteiger partial charge in [0.2, 0.25) is 5.91 Å². The molecular weight excluding hydrogens is 468 g/mol. The van der Waals surface area contributed by atoms with Crippen LogP contribution < -0.4 is 14.8 Å². The summed E-state index contributed by atoms with van der Waals surface area (Å²) in [6, 6.07) is 14.0. The summed E-state index contributed by atoms with van der Waals surface area (Å²) in [5.74, 6) is 0.728. The first-order valence-corrected chi connectivity index (χ1v) is 12.8. The SMILES string of the molecule is CCOc1ccc([C@H](C(=O)NC2CCCCC2)N(Cc2ccccc2OC)C(=O)c2cnccn2)cc1. The van der Waals surface area contributed by atoms with Crippen LogP contribution in [-0.2, 0) is 11.3 Å². The van der Waals surface area contributed by atoms with Crippen LogP contribution in [0.1, 0.15) is 66.7 Å². The third-order valence-corrected chi connectivity index (χ3v) is 6.59. The van der Waals surface area contributed by atoms with Crippen LogP contribution in [0.3, 0.4) is 0 Å². The van der Waals surface area contributed by atoms with E-state index in [0.717, 1.165) is 31.2 Å². The smallest absolute Gasteiger partial charge is 0.275 e. The zero-order valence-corrected chi connectivity index (χ0v) is 21.4. The molecule has 1 saturated carbocycles. The number of amides is 2. The topological polar surface area (TPSA) is 93.7 Å². The molecule has 0 spiro atoms. The van der Waals surface area contributed by atoms with Crippen molar-refractivity contribution in [3.63, 3.8) is 0 Å². The number of carbonyl (C=O) groups is 2. The molecule has 3 aromatic rings. The Morgan fingerprint density at radius 2 is 1.81 bits per heavy atom. The van der Waals surface area contributed by atoms with Gasteiger partial charge in [-0.05, 0) is 43.5 Å². The molecule has 1 aromatic heterocycles. The number of hydrogen-bond donors (Lipinski definition) is 1. The molecule has 8 heteroatoms. The number of methoxy groups -OCH3 is 1. The fraction of sp³-hybridized carbons (Fsp3) is 0.379. The van der Waals surface area contributed by atoms with Gasteiger partial charge in [-0.3, -0.25) is 14.6 Å². The highest BCUT2D eigenvalue weighted by Crippen LogP contribution is 2.30. The summed E-state index contributed by atoms with van der Waals surface area (Å²) in [6.45, 7) is 2.61. The van der Waals surface area contributed by atoms with E-state index in [2.05, 4.69) is 15.3 Å². The number of hydrogen-bond acceptors (Lipinski definition) is 6. The summed E-state index contributed by atoms with van der Waals surface area (Å²) in [5.41, 5.74) is 1.63. The lowest BCUT2D eigenvalue weighted by atomic mass is 9.94.